The first-order valence-corrected chi connectivity index (χ1v) is 8.12. The largest absolute Gasteiger partial charge is 0.485 e. The predicted octanol–water partition coefficient (Wildman–Crippen LogP) is -0.275. The van der Waals surface area contributed by atoms with Crippen LogP contribution in [0.2, 0.25) is 0 Å². The monoisotopic (exact) mass is 347 g/mol. The third-order valence-electron chi connectivity index (χ3n) is 4.20. The minimum Gasteiger partial charge on any atom is -0.485 e. The molecule has 2 atom stereocenters. The van der Waals surface area contributed by atoms with E-state index in [9.17, 15) is 14.4 Å². The number of imide groups is 1. The highest BCUT2D eigenvalue weighted by molar-refractivity contribution is 6.05. The lowest BCUT2D eigenvalue weighted by Gasteiger charge is -2.21. The molecule has 2 aliphatic heterocycles. The van der Waals surface area contributed by atoms with Crippen LogP contribution in [0, 0.1) is 0 Å². The van der Waals surface area contributed by atoms with Crippen molar-refractivity contribution in [1.29, 1.82) is 0 Å². The predicted molar refractivity (Wildman–Crippen MR) is 89.3 cm³/mol. The molecule has 3 heterocycles. The summed E-state index contributed by atoms with van der Waals surface area (Å²) in [5.74, 6) is 0.774. The fourth-order valence-corrected chi connectivity index (χ4v) is 2.95. The van der Waals surface area contributed by atoms with Crippen LogP contribution in [0.1, 0.15) is 12.8 Å². The SMILES string of the molecule is CN(C)c1ncccc1OC1CCN(C(=O)C[C@@H]2NC(=O)NC2=O)C1. The lowest BCUT2D eigenvalue weighted by molar-refractivity contribution is -0.133. The first kappa shape index (κ1) is 17.0. The molecule has 2 aliphatic rings. The van der Waals surface area contributed by atoms with E-state index in [1.165, 1.54) is 0 Å². The summed E-state index contributed by atoms with van der Waals surface area (Å²) in [6, 6.07) is 2.31. The second kappa shape index (κ2) is 6.96. The third kappa shape index (κ3) is 3.81. The molecule has 3 rings (SSSR count). The first-order valence-electron chi connectivity index (χ1n) is 8.12. The Bertz CT molecular complexity index is 693. The van der Waals surface area contributed by atoms with Gasteiger partial charge >= 0.3 is 6.03 Å². The molecule has 0 aromatic carbocycles. The van der Waals surface area contributed by atoms with Gasteiger partial charge < -0.3 is 19.9 Å². The normalized spacial score (nSPS) is 22.6. The number of pyridine rings is 1. The topological polar surface area (TPSA) is 104 Å². The minimum absolute atomic E-state index is 0.0415. The Morgan fingerprint density at radius 2 is 2.24 bits per heavy atom. The van der Waals surface area contributed by atoms with Crippen LogP contribution in [0.25, 0.3) is 0 Å². The summed E-state index contributed by atoms with van der Waals surface area (Å²) in [6.45, 7) is 1.01. The van der Waals surface area contributed by atoms with Crippen molar-refractivity contribution in [2.75, 3.05) is 32.1 Å². The number of hydrogen-bond donors (Lipinski definition) is 2. The number of urea groups is 1. The summed E-state index contributed by atoms with van der Waals surface area (Å²) in [5, 5.41) is 4.56. The van der Waals surface area contributed by atoms with Gasteiger partial charge in [-0.15, -0.1) is 0 Å². The maximum Gasteiger partial charge on any atom is 0.322 e. The van der Waals surface area contributed by atoms with Crippen molar-refractivity contribution in [2.24, 2.45) is 0 Å². The lowest BCUT2D eigenvalue weighted by Crippen LogP contribution is -2.38. The van der Waals surface area contributed by atoms with E-state index in [1.807, 2.05) is 31.1 Å². The highest BCUT2D eigenvalue weighted by atomic mass is 16.5. The Morgan fingerprint density at radius 3 is 2.92 bits per heavy atom. The lowest BCUT2D eigenvalue weighted by atomic mass is 10.2. The van der Waals surface area contributed by atoms with Crippen LogP contribution in [0.15, 0.2) is 18.3 Å². The molecule has 0 radical (unpaired) electrons. The van der Waals surface area contributed by atoms with Gasteiger partial charge in [-0.25, -0.2) is 9.78 Å². The summed E-state index contributed by atoms with van der Waals surface area (Å²) in [6.07, 6.45) is 2.24. The highest BCUT2D eigenvalue weighted by Gasteiger charge is 2.35. The number of anilines is 1. The van der Waals surface area contributed by atoms with E-state index in [-0.39, 0.29) is 18.4 Å². The van der Waals surface area contributed by atoms with E-state index >= 15 is 0 Å². The zero-order valence-corrected chi connectivity index (χ0v) is 14.2. The maximum atomic E-state index is 12.3. The van der Waals surface area contributed by atoms with Crippen LogP contribution >= 0.6 is 0 Å². The summed E-state index contributed by atoms with van der Waals surface area (Å²) < 4.78 is 6.01. The second-order valence-electron chi connectivity index (χ2n) is 6.31. The first-order chi connectivity index (χ1) is 11.9. The molecule has 0 spiro atoms. The van der Waals surface area contributed by atoms with Gasteiger partial charge in [0.05, 0.1) is 13.0 Å². The van der Waals surface area contributed by atoms with Gasteiger partial charge in [0.1, 0.15) is 12.1 Å². The standard InChI is InChI=1S/C16H21N5O4/c1-20(2)14-12(4-3-6-17-14)25-10-5-7-21(9-10)13(22)8-11-15(23)19-16(24)18-11/h3-4,6,10-11H,5,7-9H2,1-2H3,(H2,18,19,23,24)/t10?,11-/m0/s1. The Morgan fingerprint density at radius 1 is 1.44 bits per heavy atom. The van der Waals surface area contributed by atoms with Gasteiger partial charge in [-0.05, 0) is 12.1 Å². The number of hydrogen-bond acceptors (Lipinski definition) is 6. The molecule has 1 aromatic rings. The molecular formula is C16H21N5O4. The Balaban J connectivity index is 1.56. The molecule has 1 aromatic heterocycles. The molecule has 0 bridgehead atoms. The van der Waals surface area contributed by atoms with Gasteiger partial charge in [0.15, 0.2) is 11.6 Å². The third-order valence-corrected chi connectivity index (χ3v) is 4.20. The quantitative estimate of drug-likeness (QED) is 0.711. The zero-order valence-electron chi connectivity index (χ0n) is 14.2. The van der Waals surface area contributed by atoms with Crippen molar-refractivity contribution in [2.45, 2.75) is 25.0 Å². The number of carbonyl (C=O) groups is 3. The van der Waals surface area contributed by atoms with Gasteiger partial charge in [-0.1, -0.05) is 0 Å². The van der Waals surface area contributed by atoms with E-state index in [4.69, 9.17) is 4.74 Å². The van der Waals surface area contributed by atoms with Crippen LogP contribution in [-0.2, 0) is 9.59 Å². The Labute approximate surface area is 145 Å². The molecule has 9 heteroatoms. The number of aromatic nitrogens is 1. The molecule has 0 saturated carbocycles. The molecule has 9 nitrogen and oxygen atoms in total. The number of nitrogens with zero attached hydrogens (tertiary/aromatic N) is 3. The molecule has 134 valence electrons. The van der Waals surface area contributed by atoms with E-state index in [1.54, 1.807) is 11.1 Å². The summed E-state index contributed by atoms with van der Waals surface area (Å²) >= 11 is 0. The molecular weight excluding hydrogens is 326 g/mol. The van der Waals surface area contributed by atoms with E-state index in [0.717, 1.165) is 5.82 Å². The molecule has 1 unspecified atom stereocenters. The Hall–Kier alpha value is -2.84. The second-order valence-corrected chi connectivity index (χ2v) is 6.31. The molecule has 0 aliphatic carbocycles. The van der Waals surface area contributed by atoms with Gasteiger partial charge in [0.2, 0.25) is 5.91 Å². The van der Waals surface area contributed by atoms with Crippen molar-refractivity contribution >= 4 is 23.7 Å². The van der Waals surface area contributed by atoms with Gasteiger partial charge in [-0.2, -0.15) is 0 Å². The molecule has 2 N–H and O–H groups in total. The van der Waals surface area contributed by atoms with Crippen molar-refractivity contribution in [1.82, 2.24) is 20.5 Å². The number of amides is 4. The van der Waals surface area contributed by atoms with Crippen molar-refractivity contribution in [3.05, 3.63) is 18.3 Å². The number of likely N-dealkylation sites (tertiary alicyclic amines) is 1. The van der Waals surface area contributed by atoms with Crippen LogP contribution in [-0.4, -0.2) is 67.1 Å². The van der Waals surface area contributed by atoms with Gasteiger partial charge in [-0.3, -0.25) is 14.9 Å². The summed E-state index contributed by atoms with van der Waals surface area (Å²) in [4.78, 5) is 42.8. The van der Waals surface area contributed by atoms with Crippen molar-refractivity contribution in [3.8, 4) is 5.75 Å². The number of rotatable bonds is 5. The molecule has 2 fully saturated rings. The number of carbonyl (C=O) groups excluding carboxylic acids is 3. The fourth-order valence-electron chi connectivity index (χ4n) is 2.95. The zero-order chi connectivity index (χ0) is 18.0. The molecule has 2 saturated heterocycles. The smallest absolute Gasteiger partial charge is 0.322 e. The van der Waals surface area contributed by atoms with E-state index in [0.29, 0.717) is 25.3 Å². The van der Waals surface area contributed by atoms with Crippen LogP contribution < -0.4 is 20.3 Å². The van der Waals surface area contributed by atoms with Crippen molar-refractivity contribution < 1.29 is 19.1 Å². The number of nitrogens with one attached hydrogen (secondary N) is 2. The van der Waals surface area contributed by atoms with Crippen molar-refractivity contribution in [3.63, 3.8) is 0 Å². The minimum atomic E-state index is -0.793. The maximum absolute atomic E-state index is 12.3. The molecule has 4 amide bonds. The van der Waals surface area contributed by atoms with Gasteiger partial charge in [0.25, 0.3) is 5.91 Å². The molecule has 25 heavy (non-hydrogen) atoms. The van der Waals surface area contributed by atoms with Crippen LogP contribution in [0.5, 0.6) is 5.75 Å². The fraction of sp³-hybridized carbons (Fsp3) is 0.500. The summed E-state index contributed by atoms with van der Waals surface area (Å²) in [7, 11) is 3.78. The van der Waals surface area contributed by atoms with Crippen LogP contribution in [0.4, 0.5) is 10.6 Å². The Kier molecular flexibility index (Phi) is 4.73. The average molecular weight is 347 g/mol. The van der Waals surface area contributed by atoms with E-state index < -0.39 is 18.0 Å². The van der Waals surface area contributed by atoms with E-state index in [2.05, 4.69) is 15.6 Å². The average Bonchev–Trinajstić information content (AvgIpc) is 3.14. The summed E-state index contributed by atoms with van der Waals surface area (Å²) in [5.41, 5.74) is 0. The van der Waals surface area contributed by atoms with Gasteiger partial charge in [0, 0.05) is 33.3 Å². The van der Waals surface area contributed by atoms with Crippen LogP contribution in [0.3, 0.4) is 0 Å². The highest BCUT2D eigenvalue weighted by Crippen LogP contribution is 2.26. The number of ether oxygens (including phenoxy) is 1.